The van der Waals surface area contributed by atoms with Gasteiger partial charge in [0.1, 0.15) is 7.05 Å². The van der Waals surface area contributed by atoms with E-state index in [-0.39, 0.29) is 10.8 Å². The van der Waals surface area contributed by atoms with Crippen molar-refractivity contribution >= 4 is 29.0 Å². The van der Waals surface area contributed by atoms with Gasteiger partial charge in [0.25, 0.3) is 0 Å². The predicted octanol–water partition coefficient (Wildman–Crippen LogP) is 8.33. The molecule has 0 spiro atoms. The molecule has 0 aromatic heterocycles. The topological polar surface area (TPSA) is 80.8 Å². The smallest absolute Gasteiger partial charge is 0.335 e. The number of aromatic carboxylic acids is 2. The highest BCUT2D eigenvalue weighted by Gasteiger charge is 2.44. The maximum absolute atomic E-state index is 11.7. The van der Waals surface area contributed by atoms with Crippen molar-refractivity contribution in [3.63, 3.8) is 0 Å². The van der Waals surface area contributed by atoms with Crippen LogP contribution in [0.5, 0.6) is 0 Å². The lowest BCUT2D eigenvalue weighted by molar-refractivity contribution is -0.401. The molecular formula is C40H43N2O4+. The summed E-state index contributed by atoms with van der Waals surface area (Å²) in [5.74, 6) is -0.609. The Balaban J connectivity index is 1.19. The van der Waals surface area contributed by atoms with Crippen LogP contribution in [0.15, 0.2) is 94.8 Å². The van der Waals surface area contributed by atoms with Crippen LogP contribution < -0.4 is 4.90 Å². The third kappa shape index (κ3) is 4.72. The summed E-state index contributed by atoms with van der Waals surface area (Å²) in [4.78, 5) is 25.6. The number of carboxylic acid groups (broad SMARTS) is 2. The standard InChI is InChI=1S/C40H42N2O4/c1-39(2)31-21-27(37(43)44)11-13-33(31)41(5)35(39)17-23-7-9-25-19-26-10-8-24(16-30(26)20-29(25)15-23)18-36-40(3,4)32-22-28(38(45)46)12-14-34(32)42(36)6/h11-18,20-22,25-26H,7-10,19H2,1-6H3,(H-,43,44,45,46)/p+1. The lowest BCUT2D eigenvalue weighted by atomic mass is 9.69. The second-order valence-electron chi connectivity index (χ2n) is 14.8. The van der Waals surface area contributed by atoms with Crippen LogP contribution in [-0.4, -0.2) is 46.5 Å². The zero-order valence-electron chi connectivity index (χ0n) is 27.6. The number of anilines is 1. The zero-order chi connectivity index (χ0) is 32.7. The number of fused-ring (bicyclic) bond motifs is 4. The molecular weight excluding hydrogens is 572 g/mol. The van der Waals surface area contributed by atoms with Gasteiger partial charge < -0.3 is 15.1 Å². The van der Waals surface area contributed by atoms with E-state index in [4.69, 9.17) is 0 Å². The monoisotopic (exact) mass is 615 g/mol. The highest BCUT2D eigenvalue weighted by atomic mass is 16.4. The van der Waals surface area contributed by atoms with Crippen LogP contribution in [0.3, 0.4) is 0 Å². The largest absolute Gasteiger partial charge is 0.478 e. The van der Waals surface area contributed by atoms with Crippen molar-refractivity contribution in [3.8, 4) is 0 Å². The van der Waals surface area contributed by atoms with Gasteiger partial charge in [-0.1, -0.05) is 32.1 Å². The Morgan fingerprint density at radius 2 is 1.46 bits per heavy atom. The Bertz CT molecular complexity index is 1910. The molecule has 236 valence electrons. The van der Waals surface area contributed by atoms with Gasteiger partial charge in [-0.15, -0.1) is 0 Å². The van der Waals surface area contributed by atoms with Crippen molar-refractivity contribution in [3.05, 3.63) is 117 Å². The third-order valence-electron chi connectivity index (χ3n) is 11.3. The van der Waals surface area contributed by atoms with Gasteiger partial charge in [-0.05, 0) is 122 Å². The molecule has 0 saturated carbocycles. The Morgan fingerprint density at radius 3 is 2.15 bits per heavy atom. The van der Waals surface area contributed by atoms with Gasteiger partial charge in [0.05, 0.1) is 16.5 Å². The molecule has 6 heteroatoms. The van der Waals surface area contributed by atoms with Crippen LogP contribution in [0.25, 0.3) is 0 Å². The van der Waals surface area contributed by atoms with Gasteiger partial charge >= 0.3 is 11.9 Å². The first-order valence-electron chi connectivity index (χ1n) is 16.4. The van der Waals surface area contributed by atoms with Gasteiger partial charge in [0.2, 0.25) is 5.69 Å². The minimum absolute atomic E-state index is 0.293. The molecule has 0 fully saturated rings. The fraction of sp³-hybridized carbons (Fsp3) is 0.375. The Labute approximate surface area is 271 Å². The van der Waals surface area contributed by atoms with Crippen molar-refractivity contribution in [1.82, 2.24) is 0 Å². The summed E-state index contributed by atoms with van der Waals surface area (Å²) in [6.45, 7) is 8.76. The summed E-state index contributed by atoms with van der Waals surface area (Å²) in [5.41, 5.74) is 12.2. The number of likely N-dealkylation sites (N-methyl/N-ethyl adjacent to an activating group) is 1. The first-order valence-corrected chi connectivity index (χ1v) is 16.4. The number of nitrogens with zero attached hydrogens (tertiary/aromatic N) is 2. The number of hydrogen-bond donors (Lipinski definition) is 2. The molecule has 46 heavy (non-hydrogen) atoms. The quantitative estimate of drug-likeness (QED) is 0.338. The van der Waals surface area contributed by atoms with Crippen LogP contribution in [-0.2, 0) is 10.8 Å². The minimum atomic E-state index is -0.894. The van der Waals surface area contributed by atoms with Crippen LogP contribution >= 0.6 is 0 Å². The number of rotatable bonds is 4. The molecule has 2 N–H and O–H groups in total. The third-order valence-corrected chi connectivity index (χ3v) is 11.3. The SMILES string of the molecule is CN1C(=CC2=CC3=CC4=CC(=CC5=[N+](C)c6ccc(C(=O)O)cc6C5(C)C)CCC4CC3CC2)C(C)(C)c2cc(C(=O)O)ccc21. The van der Waals surface area contributed by atoms with Crippen molar-refractivity contribution in [2.24, 2.45) is 11.8 Å². The van der Waals surface area contributed by atoms with E-state index in [0.717, 1.165) is 48.2 Å². The second-order valence-corrected chi connectivity index (χ2v) is 14.8. The number of carboxylic acids is 2. The van der Waals surface area contributed by atoms with E-state index < -0.39 is 11.9 Å². The average Bonchev–Trinajstić information content (AvgIpc) is 3.33. The molecule has 0 bridgehead atoms. The number of benzene rings is 2. The van der Waals surface area contributed by atoms with Gasteiger partial charge in [-0.3, -0.25) is 0 Å². The molecule has 7 rings (SSSR count). The van der Waals surface area contributed by atoms with E-state index in [0.29, 0.717) is 23.0 Å². The number of allylic oxidation sites excluding steroid dienone is 10. The van der Waals surface area contributed by atoms with E-state index in [9.17, 15) is 19.8 Å². The normalized spacial score (nSPS) is 25.8. The molecule has 0 saturated heterocycles. The molecule has 0 amide bonds. The highest BCUT2D eigenvalue weighted by molar-refractivity contribution is 6.04. The molecule has 5 aliphatic rings. The van der Waals surface area contributed by atoms with Gasteiger partial charge in [0, 0.05) is 41.6 Å². The number of carbonyl (C=O) groups is 2. The van der Waals surface area contributed by atoms with Crippen molar-refractivity contribution in [1.29, 1.82) is 0 Å². The Kier molecular flexibility index (Phi) is 6.93. The molecule has 2 atom stereocenters. The fourth-order valence-corrected chi connectivity index (χ4v) is 8.62. The lowest BCUT2D eigenvalue weighted by Crippen LogP contribution is -2.28. The number of hydrogen-bond acceptors (Lipinski definition) is 3. The van der Waals surface area contributed by atoms with Crippen LogP contribution in [0.4, 0.5) is 11.4 Å². The molecule has 2 aromatic rings. The summed E-state index contributed by atoms with van der Waals surface area (Å²) in [5, 5.41) is 19.2. The predicted molar refractivity (Wildman–Crippen MR) is 183 cm³/mol. The van der Waals surface area contributed by atoms with E-state index in [1.165, 1.54) is 40.1 Å². The van der Waals surface area contributed by atoms with Gasteiger partial charge in [-0.2, -0.15) is 4.58 Å². The van der Waals surface area contributed by atoms with Crippen molar-refractivity contribution < 1.29 is 24.4 Å². The fourth-order valence-electron chi connectivity index (χ4n) is 8.62. The van der Waals surface area contributed by atoms with Crippen LogP contribution in [0.1, 0.15) is 91.6 Å². The van der Waals surface area contributed by atoms with Gasteiger partial charge in [-0.25, -0.2) is 9.59 Å². The van der Waals surface area contributed by atoms with Crippen molar-refractivity contribution in [2.75, 3.05) is 19.0 Å². The molecule has 2 aromatic carbocycles. The van der Waals surface area contributed by atoms with Gasteiger partial charge in [0.15, 0.2) is 5.71 Å². The van der Waals surface area contributed by atoms with E-state index in [1.807, 2.05) is 24.3 Å². The molecule has 2 unspecified atom stereocenters. The molecule has 6 nitrogen and oxygen atoms in total. The Hall–Kier alpha value is -4.45. The summed E-state index contributed by atoms with van der Waals surface area (Å²) in [6.07, 6.45) is 17.5. The van der Waals surface area contributed by atoms with E-state index in [2.05, 4.69) is 81.6 Å². The minimum Gasteiger partial charge on any atom is -0.478 e. The molecule has 2 aliphatic heterocycles. The summed E-state index contributed by atoms with van der Waals surface area (Å²) >= 11 is 0. The van der Waals surface area contributed by atoms with E-state index >= 15 is 0 Å². The first kappa shape index (κ1) is 30.2. The van der Waals surface area contributed by atoms with E-state index in [1.54, 1.807) is 12.1 Å². The molecule has 0 radical (unpaired) electrons. The van der Waals surface area contributed by atoms with Crippen LogP contribution in [0, 0.1) is 11.8 Å². The van der Waals surface area contributed by atoms with Crippen LogP contribution in [0.2, 0.25) is 0 Å². The summed E-state index contributed by atoms with van der Waals surface area (Å²) in [7, 11) is 4.17. The lowest BCUT2D eigenvalue weighted by Gasteiger charge is -2.36. The molecule has 2 heterocycles. The first-order chi connectivity index (χ1) is 21.8. The Morgan fingerprint density at radius 1 is 0.826 bits per heavy atom. The molecule has 3 aliphatic carbocycles. The van der Waals surface area contributed by atoms with Crippen molar-refractivity contribution in [2.45, 2.75) is 70.6 Å². The zero-order valence-corrected chi connectivity index (χ0v) is 27.6. The summed E-state index contributed by atoms with van der Waals surface area (Å²) < 4.78 is 2.22. The highest BCUT2D eigenvalue weighted by Crippen LogP contribution is 2.50. The average molecular weight is 616 g/mol. The maximum atomic E-state index is 11.7. The second kappa shape index (κ2) is 10.5. The maximum Gasteiger partial charge on any atom is 0.335 e. The summed E-state index contributed by atoms with van der Waals surface area (Å²) in [6, 6.07) is 10.9.